The smallest absolute Gasteiger partial charge is 0.439 e. The Balaban J connectivity index is 1.66. The second-order valence-corrected chi connectivity index (χ2v) is 5.61. The van der Waals surface area contributed by atoms with Crippen molar-refractivity contribution in [2.75, 3.05) is 12.1 Å². The molecule has 0 aliphatic carbocycles. The van der Waals surface area contributed by atoms with E-state index in [1.807, 2.05) is 0 Å². The third-order valence-electron chi connectivity index (χ3n) is 3.58. The average molecular weight is 407 g/mol. The van der Waals surface area contributed by atoms with E-state index >= 15 is 0 Å². The van der Waals surface area contributed by atoms with E-state index < -0.39 is 30.1 Å². The molecule has 1 atom stereocenters. The van der Waals surface area contributed by atoms with E-state index in [0.29, 0.717) is 17.2 Å². The highest BCUT2D eigenvalue weighted by Gasteiger charge is 2.59. The fraction of sp³-hybridized carbons (Fsp3) is 0.235. The molecular weight excluding hydrogens is 396 g/mol. The van der Waals surface area contributed by atoms with Gasteiger partial charge < -0.3 is 19.5 Å². The monoisotopic (exact) mass is 407 g/mol. The highest BCUT2D eigenvalue weighted by atomic mass is 19.4. The van der Waals surface area contributed by atoms with Crippen molar-refractivity contribution in [3.63, 3.8) is 0 Å². The molecule has 0 saturated carbocycles. The number of amides is 1. The summed E-state index contributed by atoms with van der Waals surface area (Å²) in [4.78, 5) is 12.2. The molecule has 0 radical (unpaired) electrons. The van der Waals surface area contributed by atoms with E-state index in [4.69, 9.17) is 9.47 Å². The summed E-state index contributed by atoms with van der Waals surface area (Å²) in [6.45, 7) is 0.0485. The van der Waals surface area contributed by atoms with E-state index in [1.165, 1.54) is 6.07 Å². The van der Waals surface area contributed by atoms with Crippen LogP contribution in [-0.4, -0.2) is 31.2 Å². The molecule has 150 valence electrons. The molecule has 0 saturated heterocycles. The van der Waals surface area contributed by atoms with Crippen LogP contribution in [0.15, 0.2) is 42.5 Å². The van der Waals surface area contributed by atoms with Crippen LogP contribution >= 0.6 is 0 Å². The lowest BCUT2D eigenvalue weighted by Crippen LogP contribution is -2.45. The third-order valence-corrected chi connectivity index (χ3v) is 3.58. The van der Waals surface area contributed by atoms with Crippen LogP contribution < -0.4 is 19.5 Å². The Morgan fingerprint density at radius 1 is 1.00 bits per heavy atom. The van der Waals surface area contributed by atoms with Crippen molar-refractivity contribution in [3.05, 3.63) is 48.0 Å². The highest BCUT2D eigenvalue weighted by Crippen LogP contribution is 2.37. The topological polar surface area (TPSA) is 56.8 Å². The molecule has 11 heteroatoms. The molecule has 1 aliphatic heterocycles. The first-order chi connectivity index (χ1) is 13.1. The fourth-order valence-corrected chi connectivity index (χ4v) is 2.25. The summed E-state index contributed by atoms with van der Waals surface area (Å²) in [5.41, 5.74) is 0.368. The van der Waals surface area contributed by atoms with Gasteiger partial charge >= 0.3 is 12.3 Å². The summed E-state index contributed by atoms with van der Waals surface area (Å²) in [5.74, 6) is -0.438. The van der Waals surface area contributed by atoms with Crippen LogP contribution in [0.1, 0.15) is 10.4 Å². The molecule has 2 aromatic carbocycles. The van der Waals surface area contributed by atoms with E-state index in [1.54, 1.807) is 12.1 Å². The molecule has 0 aromatic heterocycles. The molecule has 0 spiro atoms. The number of anilines is 1. The molecule has 0 fully saturated rings. The van der Waals surface area contributed by atoms with E-state index in [-0.39, 0.29) is 12.4 Å². The second kappa shape index (κ2) is 7.13. The van der Waals surface area contributed by atoms with Gasteiger partial charge in [0.1, 0.15) is 5.75 Å². The number of rotatable bonds is 5. The SMILES string of the molecule is O=C(Nc1ccc2c(c1)OCO2)c1ccc(OC(F)(F)C(F)C(F)(F)F)cc1. The number of benzene rings is 2. The van der Waals surface area contributed by atoms with Crippen molar-refractivity contribution in [2.45, 2.75) is 18.5 Å². The standard InChI is InChI=1S/C17H11F6NO4/c18-15(16(19,20)21)17(22,23)28-11-4-1-9(2-5-11)14(25)24-10-3-6-12-13(7-10)27-8-26-12/h1-7,15H,8H2,(H,24,25). The Kier molecular flexibility index (Phi) is 5.01. The molecule has 1 amide bonds. The van der Waals surface area contributed by atoms with Gasteiger partial charge in [-0.05, 0) is 36.4 Å². The van der Waals surface area contributed by atoms with Gasteiger partial charge in [-0.3, -0.25) is 4.79 Å². The van der Waals surface area contributed by atoms with E-state index in [0.717, 1.165) is 24.3 Å². The lowest BCUT2D eigenvalue weighted by atomic mass is 10.2. The number of nitrogens with one attached hydrogen (secondary N) is 1. The van der Waals surface area contributed by atoms with Gasteiger partial charge in [0, 0.05) is 17.3 Å². The van der Waals surface area contributed by atoms with Crippen molar-refractivity contribution in [2.24, 2.45) is 0 Å². The van der Waals surface area contributed by atoms with Crippen molar-refractivity contribution in [1.82, 2.24) is 0 Å². The Bertz CT molecular complexity index is 869. The zero-order chi connectivity index (χ0) is 20.5. The summed E-state index contributed by atoms with van der Waals surface area (Å²) in [6.07, 6.45) is -15.4. The summed E-state index contributed by atoms with van der Waals surface area (Å²) >= 11 is 0. The number of carbonyl (C=O) groups excluding carboxylic acids is 1. The molecule has 28 heavy (non-hydrogen) atoms. The molecule has 1 N–H and O–H groups in total. The second-order valence-electron chi connectivity index (χ2n) is 5.61. The van der Waals surface area contributed by atoms with Crippen LogP contribution in [0.25, 0.3) is 0 Å². The van der Waals surface area contributed by atoms with Crippen LogP contribution in [0.2, 0.25) is 0 Å². The minimum atomic E-state index is -5.78. The first kappa shape index (κ1) is 19.6. The minimum Gasteiger partial charge on any atom is -0.454 e. The Labute approximate surface area is 153 Å². The molecule has 1 unspecified atom stereocenters. The zero-order valence-electron chi connectivity index (χ0n) is 13.7. The Morgan fingerprint density at radius 2 is 1.64 bits per heavy atom. The quantitative estimate of drug-likeness (QED) is 0.740. The van der Waals surface area contributed by atoms with Gasteiger partial charge in [0.25, 0.3) is 12.1 Å². The predicted molar refractivity (Wildman–Crippen MR) is 83.5 cm³/mol. The van der Waals surface area contributed by atoms with Crippen LogP contribution in [0.3, 0.4) is 0 Å². The maximum Gasteiger partial charge on any atom is 0.439 e. The lowest BCUT2D eigenvalue weighted by molar-refractivity contribution is -0.304. The van der Waals surface area contributed by atoms with Gasteiger partial charge in [0.05, 0.1) is 0 Å². The Morgan fingerprint density at radius 3 is 2.29 bits per heavy atom. The van der Waals surface area contributed by atoms with Crippen LogP contribution in [-0.2, 0) is 0 Å². The van der Waals surface area contributed by atoms with Gasteiger partial charge in [0.2, 0.25) is 6.79 Å². The van der Waals surface area contributed by atoms with Crippen LogP contribution in [0, 0.1) is 0 Å². The Hall–Kier alpha value is -3.11. The zero-order valence-corrected chi connectivity index (χ0v) is 13.7. The van der Waals surface area contributed by atoms with Crippen LogP contribution in [0.5, 0.6) is 17.2 Å². The highest BCUT2D eigenvalue weighted by molar-refractivity contribution is 6.04. The first-order valence-corrected chi connectivity index (χ1v) is 7.65. The average Bonchev–Trinajstić information content (AvgIpc) is 3.08. The van der Waals surface area contributed by atoms with Crippen molar-refractivity contribution in [3.8, 4) is 17.2 Å². The maximum atomic E-state index is 13.2. The predicted octanol–water partition coefficient (Wildman–Crippen LogP) is 4.54. The van der Waals surface area contributed by atoms with E-state index in [2.05, 4.69) is 10.1 Å². The molecule has 5 nitrogen and oxygen atoms in total. The molecule has 2 aromatic rings. The number of alkyl halides is 6. The number of ether oxygens (including phenoxy) is 3. The number of carbonyl (C=O) groups is 1. The fourth-order valence-electron chi connectivity index (χ4n) is 2.25. The number of halogens is 6. The van der Waals surface area contributed by atoms with Gasteiger partial charge in [-0.1, -0.05) is 0 Å². The third kappa shape index (κ3) is 4.24. The van der Waals surface area contributed by atoms with Gasteiger partial charge in [-0.25, -0.2) is 4.39 Å². The first-order valence-electron chi connectivity index (χ1n) is 7.65. The largest absolute Gasteiger partial charge is 0.454 e. The van der Waals surface area contributed by atoms with Gasteiger partial charge in [0.15, 0.2) is 11.5 Å². The summed E-state index contributed by atoms with van der Waals surface area (Å²) in [5, 5.41) is 2.52. The maximum absolute atomic E-state index is 13.2. The molecule has 1 heterocycles. The van der Waals surface area contributed by atoms with Crippen molar-refractivity contribution >= 4 is 11.6 Å². The number of hydrogen-bond acceptors (Lipinski definition) is 4. The summed E-state index contributed by atoms with van der Waals surface area (Å²) in [6, 6.07) is 8.35. The molecule has 3 rings (SSSR count). The van der Waals surface area contributed by atoms with E-state index in [9.17, 15) is 31.1 Å². The molecule has 1 aliphatic rings. The normalized spacial score (nSPS) is 14.5. The lowest BCUT2D eigenvalue weighted by Gasteiger charge is -2.23. The molecular formula is C17H11F6NO4. The summed E-state index contributed by atoms with van der Waals surface area (Å²) in [7, 11) is 0. The molecule has 0 bridgehead atoms. The number of fused-ring (bicyclic) bond motifs is 1. The summed E-state index contributed by atoms with van der Waals surface area (Å²) < 4.78 is 89.7. The van der Waals surface area contributed by atoms with Crippen LogP contribution in [0.4, 0.5) is 32.0 Å². The number of hydrogen-bond donors (Lipinski definition) is 1. The van der Waals surface area contributed by atoms with Crippen molar-refractivity contribution < 1.29 is 45.3 Å². The van der Waals surface area contributed by atoms with Gasteiger partial charge in [-0.15, -0.1) is 0 Å². The minimum absolute atomic E-state index is 0.000882. The van der Waals surface area contributed by atoms with Gasteiger partial charge in [-0.2, -0.15) is 22.0 Å². The van der Waals surface area contributed by atoms with Crippen molar-refractivity contribution in [1.29, 1.82) is 0 Å².